The SMILES string of the molecule is CN1C(=O)c2ccc(C(=O)Nc3cc(Cl)ccc3Cl)cc2C1=O. The molecule has 1 aliphatic heterocycles. The second-order valence-electron chi connectivity index (χ2n) is 5.01. The van der Waals surface area contributed by atoms with Gasteiger partial charge >= 0.3 is 0 Å². The van der Waals surface area contributed by atoms with Crippen molar-refractivity contribution in [1.82, 2.24) is 4.90 Å². The van der Waals surface area contributed by atoms with Gasteiger partial charge in [0.1, 0.15) is 0 Å². The maximum absolute atomic E-state index is 12.3. The predicted molar refractivity (Wildman–Crippen MR) is 87.3 cm³/mol. The van der Waals surface area contributed by atoms with Gasteiger partial charge in [-0.2, -0.15) is 0 Å². The van der Waals surface area contributed by atoms with Crippen molar-refractivity contribution in [3.8, 4) is 0 Å². The molecule has 5 nitrogen and oxygen atoms in total. The molecule has 1 N–H and O–H groups in total. The predicted octanol–water partition coefficient (Wildman–Crippen LogP) is 3.47. The second-order valence-corrected chi connectivity index (χ2v) is 5.85. The van der Waals surface area contributed by atoms with Crippen LogP contribution in [0.3, 0.4) is 0 Å². The molecule has 0 aliphatic carbocycles. The van der Waals surface area contributed by atoms with Crippen LogP contribution in [0.5, 0.6) is 0 Å². The van der Waals surface area contributed by atoms with E-state index in [1.54, 1.807) is 12.1 Å². The number of amides is 3. The monoisotopic (exact) mass is 348 g/mol. The quantitative estimate of drug-likeness (QED) is 0.845. The van der Waals surface area contributed by atoms with Gasteiger partial charge in [0, 0.05) is 17.6 Å². The highest BCUT2D eigenvalue weighted by Crippen LogP contribution is 2.27. The molecule has 0 unspecified atom stereocenters. The number of fused-ring (bicyclic) bond motifs is 1. The summed E-state index contributed by atoms with van der Waals surface area (Å²) in [4.78, 5) is 37.1. The number of carbonyl (C=O) groups is 3. The van der Waals surface area contributed by atoms with Crippen molar-refractivity contribution < 1.29 is 14.4 Å². The number of nitrogens with zero attached hydrogens (tertiary/aromatic N) is 1. The molecule has 1 heterocycles. The lowest BCUT2D eigenvalue weighted by Crippen LogP contribution is -2.24. The number of rotatable bonds is 2. The van der Waals surface area contributed by atoms with Crippen molar-refractivity contribution >= 4 is 46.6 Å². The number of anilines is 1. The summed E-state index contributed by atoms with van der Waals surface area (Å²) in [6.07, 6.45) is 0. The van der Waals surface area contributed by atoms with E-state index in [1.165, 1.54) is 31.3 Å². The van der Waals surface area contributed by atoms with E-state index in [0.717, 1.165) is 4.90 Å². The highest BCUT2D eigenvalue weighted by Gasteiger charge is 2.33. The minimum atomic E-state index is -0.452. The molecule has 0 saturated heterocycles. The van der Waals surface area contributed by atoms with E-state index in [1.807, 2.05) is 0 Å². The highest BCUT2D eigenvalue weighted by atomic mass is 35.5. The molecule has 0 aromatic heterocycles. The lowest BCUT2D eigenvalue weighted by Gasteiger charge is -2.08. The number of benzene rings is 2. The average Bonchev–Trinajstić information content (AvgIpc) is 2.75. The van der Waals surface area contributed by atoms with Crippen LogP contribution in [0.2, 0.25) is 10.0 Å². The fourth-order valence-corrected chi connectivity index (χ4v) is 2.63. The average molecular weight is 349 g/mol. The topological polar surface area (TPSA) is 66.5 Å². The van der Waals surface area contributed by atoms with Crippen LogP contribution >= 0.6 is 23.2 Å². The fourth-order valence-electron chi connectivity index (χ4n) is 2.29. The molecule has 2 aromatic rings. The summed E-state index contributed by atoms with van der Waals surface area (Å²) in [6, 6.07) is 9.05. The van der Waals surface area contributed by atoms with E-state index in [2.05, 4.69) is 5.32 Å². The normalized spacial score (nSPS) is 13.3. The Labute approximate surface area is 141 Å². The van der Waals surface area contributed by atoms with E-state index in [4.69, 9.17) is 23.2 Å². The molecule has 0 saturated carbocycles. The Hall–Kier alpha value is -2.37. The van der Waals surface area contributed by atoms with E-state index in [9.17, 15) is 14.4 Å². The lowest BCUT2D eigenvalue weighted by atomic mass is 10.1. The lowest BCUT2D eigenvalue weighted by molar-refractivity contribution is 0.0693. The van der Waals surface area contributed by atoms with Gasteiger partial charge in [-0.1, -0.05) is 23.2 Å². The van der Waals surface area contributed by atoms with Crippen molar-refractivity contribution in [3.63, 3.8) is 0 Å². The van der Waals surface area contributed by atoms with Crippen LogP contribution in [-0.2, 0) is 0 Å². The number of hydrogen-bond donors (Lipinski definition) is 1. The van der Waals surface area contributed by atoms with Gasteiger partial charge < -0.3 is 5.32 Å². The number of nitrogens with one attached hydrogen (secondary N) is 1. The first-order chi connectivity index (χ1) is 10.9. The van der Waals surface area contributed by atoms with E-state index in [-0.39, 0.29) is 22.6 Å². The number of halogens is 2. The van der Waals surface area contributed by atoms with Crippen molar-refractivity contribution in [3.05, 3.63) is 63.1 Å². The molecule has 0 fully saturated rings. The molecule has 0 bridgehead atoms. The first kappa shape index (κ1) is 15.5. The van der Waals surface area contributed by atoms with Gasteiger partial charge in [-0.25, -0.2) is 0 Å². The number of imide groups is 1. The molecular weight excluding hydrogens is 339 g/mol. The molecule has 3 amide bonds. The zero-order valence-electron chi connectivity index (χ0n) is 11.9. The standard InChI is InChI=1S/C16H10Cl2N2O3/c1-20-15(22)10-4-2-8(6-11(10)16(20)23)14(21)19-13-7-9(17)3-5-12(13)18/h2-7H,1H3,(H,19,21). The van der Waals surface area contributed by atoms with Crippen LogP contribution in [0.4, 0.5) is 5.69 Å². The van der Waals surface area contributed by atoms with Crippen LogP contribution < -0.4 is 5.32 Å². The first-order valence-electron chi connectivity index (χ1n) is 6.61. The van der Waals surface area contributed by atoms with Crippen molar-refractivity contribution in [2.75, 3.05) is 12.4 Å². The number of hydrogen-bond acceptors (Lipinski definition) is 3. The Bertz CT molecular complexity index is 864. The van der Waals surface area contributed by atoms with Gasteiger partial charge in [-0.3, -0.25) is 19.3 Å². The molecule has 0 atom stereocenters. The Morgan fingerprint density at radius 1 is 1.00 bits per heavy atom. The number of carbonyl (C=O) groups excluding carboxylic acids is 3. The fraction of sp³-hybridized carbons (Fsp3) is 0.0625. The molecule has 7 heteroatoms. The van der Waals surface area contributed by atoms with E-state index < -0.39 is 11.8 Å². The second kappa shape index (κ2) is 5.68. The third-order valence-corrected chi connectivity index (χ3v) is 4.09. The van der Waals surface area contributed by atoms with Crippen LogP contribution in [-0.4, -0.2) is 29.7 Å². The molecule has 2 aromatic carbocycles. The Morgan fingerprint density at radius 3 is 2.43 bits per heavy atom. The van der Waals surface area contributed by atoms with Gasteiger partial charge in [0.2, 0.25) is 0 Å². The van der Waals surface area contributed by atoms with Crippen molar-refractivity contribution in [2.45, 2.75) is 0 Å². The maximum atomic E-state index is 12.3. The van der Waals surface area contributed by atoms with Crippen LogP contribution in [0.25, 0.3) is 0 Å². The molecule has 1 aliphatic rings. The van der Waals surface area contributed by atoms with Gasteiger partial charge in [0.05, 0.1) is 21.8 Å². The molecule has 3 rings (SSSR count). The maximum Gasteiger partial charge on any atom is 0.261 e. The smallest absolute Gasteiger partial charge is 0.261 e. The van der Waals surface area contributed by atoms with Crippen LogP contribution in [0.15, 0.2) is 36.4 Å². The molecule has 23 heavy (non-hydrogen) atoms. The van der Waals surface area contributed by atoms with Gasteiger partial charge in [0.25, 0.3) is 17.7 Å². The largest absolute Gasteiger partial charge is 0.321 e. The van der Waals surface area contributed by atoms with Crippen molar-refractivity contribution in [1.29, 1.82) is 0 Å². The third kappa shape index (κ3) is 2.69. The summed E-state index contributed by atoms with van der Waals surface area (Å²) in [6.45, 7) is 0. The Morgan fingerprint density at radius 2 is 1.70 bits per heavy atom. The summed E-state index contributed by atoms with van der Waals surface area (Å²) in [5.74, 6) is -1.26. The molecular formula is C16H10Cl2N2O3. The zero-order chi connectivity index (χ0) is 16.7. The highest BCUT2D eigenvalue weighted by molar-refractivity contribution is 6.36. The van der Waals surface area contributed by atoms with Gasteiger partial charge in [-0.15, -0.1) is 0 Å². The van der Waals surface area contributed by atoms with Crippen LogP contribution in [0.1, 0.15) is 31.1 Å². The summed E-state index contributed by atoms with van der Waals surface area (Å²) < 4.78 is 0. The summed E-state index contributed by atoms with van der Waals surface area (Å²) in [5, 5.41) is 3.40. The van der Waals surface area contributed by atoms with E-state index in [0.29, 0.717) is 15.7 Å². The van der Waals surface area contributed by atoms with Crippen molar-refractivity contribution in [2.24, 2.45) is 0 Å². The van der Waals surface area contributed by atoms with E-state index >= 15 is 0 Å². The summed E-state index contributed by atoms with van der Waals surface area (Å²) in [5.41, 5.74) is 1.11. The Balaban J connectivity index is 1.92. The van der Waals surface area contributed by atoms with Gasteiger partial charge in [-0.05, 0) is 36.4 Å². The zero-order valence-corrected chi connectivity index (χ0v) is 13.4. The molecule has 116 valence electrons. The summed E-state index contributed by atoms with van der Waals surface area (Å²) in [7, 11) is 1.40. The minimum absolute atomic E-state index is 0.211. The summed E-state index contributed by atoms with van der Waals surface area (Å²) >= 11 is 11.9. The van der Waals surface area contributed by atoms with Gasteiger partial charge in [0.15, 0.2) is 0 Å². The van der Waals surface area contributed by atoms with Crippen LogP contribution in [0, 0.1) is 0 Å². The third-order valence-electron chi connectivity index (χ3n) is 3.53. The molecule has 0 radical (unpaired) electrons. The minimum Gasteiger partial charge on any atom is -0.321 e. The first-order valence-corrected chi connectivity index (χ1v) is 7.37. The Kier molecular flexibility index (Phi) is 3.83. The molecule has 0 spiro atoms.